The van der Waals surface area contributed by atoms with Crippen molar-refractivity contribution in [3.05, 3.63) is 48.0 Å². The monoisotopic (exact) mass is 202 g/mol. The van der Waals surface area contributed by atoms with Crippen molar-refractivity contribution in [3.8, 4) is 0 Å². The number of carbonyl (C=O) groups is 1. The van der Waals surface area contributed by atoms with Crippen LogP contribution >= 0.6 is 0 Å². The van der Waals surface area contributed by atoms with Gasteiger partial charge in [-0.25, -0.2) is 0 Å². The van der Waals surface area contributed by atoms with Crippen molar-refractivity contribution in [1.29, 1.82) is 0 Å². The molecule has 1 nitrogen and oxygen atoms in total. The number of hydrogen-bond donors (Lipinski definition) is 0. The number of hydrogen-bond acceptors (Lipinski definition) is 1. The average Bonchev–Trinajstić information content (AvgIpc) is 2.19. The van der Waals surface area contributed by atoms with Gasteiger partial charge in [0.05, 0.1) is 0 Å². The van der Waals surface area contributed by atoms with Crippen molar-refractivity contribution in [1.82, 2.24) is 0 Å². The maximum atomic E-state index is 8.81. The fourth-order valence-electron chi connectivity index (χ4n) is 1.31. The first-order chi connectivity index (χ1) is 6.77. The first kappa shape index (κ1) is 13.4. The van der Waals surface area contributed by atoms with E-state index in [1.807, 2.05) is 0 Å². The molecule has 0 atom stereocenters. The summed E-state index contributed by atoms with van der Waals surface area (Å²) in [6.45, 7) is 3.56. The summed E-state index contributed by atoms with van der Waals surface area (Å²) >= 11 is 0. The Morgan fingerprint density at radius 3 is 2.13 bits per heavy atom. The van der Waals surface area contributed by atoms with Gasteiger partial charge in [0.15, 0.2) is 0 Å². The Morgan fingerprint density at radius 1 is 1.00 bits per heavy atom. The Kier molecular flexibility index (Phi) is 6.03. The highest BCUT2D eigenvalue weighted by molar-refractivity contribution is 5.82. The minimum atomic E-state index is 0. The summed E-state index contributed by atoms with van der Waals surface area (Å²) in [4.78, 5) is 8.81. The van der Waals surface area contributed by atoms with Crippen LogP contribution in [0.2, 0.25) is 0 Å². The maximum absolute atomic E-state index is 8.81. The summed E-state index contributed by atoms with van der Waals surface area (Å²) < 4.78 is 0. The molecule has 80 valence electrons. The predicted octanol–water partition coefficient (Wildman–Crippen LogP) is 3.99. The van der Waals surface area contributed by atoms with Crippen LogP contribution in [0, 0.1) is 6.92 Å². The molecule has 0 saturated heterocycles. The lowest BCUT2D eigenvalue weighted by Crippen LogP contribution is -1.73. The van der Waals surface area contributed by atoms with Crippen LogP contribution in [0.3, 0.4) is 0 Å². The van der Waals surface area contributed by atoms with Crippen molar-refractivity contribution in [2.24, 2.45) is 0 Å². The van der Waals surface area contributed by atoms with Crippen LogP contribution < -0.4 is 0 Å². The highest BCUT2D eigenvalue weighted by Crippen LogP contribution is 2.14. The van der Waals surface area contributed by atoms with Gasteiger partial charge in [0.25, 0.3) is 0 Å². The third-order valence-electron chi connectivity index (χ3n) is 1.90. The molecule has 2 rings (SSSR count). The van der Waals surface area contributed by atoms with E-state index in [-0.39, 0.29) is 7.43 Å². The Bertz CT molecular complexity index is 418. The van der Waals surface area contributed by atoms with Crippen LogP contribution in [0.4, 0.5) is 0 Å². The van der Waals surface area contributed by atoms with Gasteiger partial charge in [0, 0.05) is 0 Å². The van der Waals surface area contributed by atoms with Crippen LogP contribution in [0.25, 0.3) is 10.8 Å². The van der Waals surface area contributed by atoms with Gasteiger partial charge >= 0.3 is 0 Å². The third kappa shape index (κ3) is 3.94. The van der Waals surface area contributed by atoms with E-state index in [1.54, 1.807) is 0 Å². The highest BCUT2D eigenvalue weighted by Gasteiger charge is 1.89. The van der Waals surface area contributed by atoms with Crippen molar-refractivity contribution in [2.45, 2.75) is 21.3 Å². The topological polar surface area (TPSA) is 17.1 Å². The summed E-state index contributed by atoms with van der Waals surface area (Å²) in [6, 6.07) is 14.9. The fourth-order valence-corrected chi connectivity index (χ4v) is 1.31. The van der Waals surface area contributed by atoms with E-state index in [2.05, 4.69) is 49.4 Å². The molecule has 0 heterocycles. The normalized spacial score (nSPS) is 8.40. The molecule has 0 bridgehead atoms. The zero-order chi connectivity index (χ0) is 10.4. The SMILES string of the molecule is C.CC=O.Cc1ccc2ccccc2c1. The molecule has 1 heteroatoms. The molecule has 2 aromatic carbocycles. The minimum Gasteiger partial charge on any atom is -0.304 e. The van der Waals surface area contributed by atoms with E-state index in [4.69, 9.17) is 4.79 Å². The molecule has 0 fully saturated rings. The number of aldehydes is 1. The maximum Gasteiger partial charge on any atom is 0.116 e. The number of fused-ring (bicyclic) bond motifs is 1. The molecule has 0 aromatic heterocycles. The molecule has 0 unspecified atom stereocenters. The smallest absolute Gasteiger partial charge is 0.116 e. The largest absolute Gasteiger partial charge is 0.304 e. The van der Waals surface area contributed by atoms with Crippen LogP contribution in [-0.2, 0) is 4.79 Å². The quantitative estimate of drug-likeness (QED) is 0.590. The summed E-state index contributed by atoms with van der Waals surface area (Å²) in [6.07, 6.45) is 0.750. The van der Waals surface area contributed by atoms with Crippen LogP contribution in [0.15, 0.2) is 42.5 Å². The molecule has 15 heavy (non-hydrogen) atoms. The van der Waals surface area contributed by atoms with E-state index >= 15 is 0 Å². The molecule has 0 amide bonds. The summed E-state index contributed by atoms with van der Waals surface area (Å²) in [7, 11) is 0. The first-order valence-corrected chi connectivity index (χ1v) is 4.63. The van der Waals surface area contributed by atoms with Gasteiger partial charge in [-0.3, -0.25) is 0 Å². The standard InChI is InChI=1S/C11H10.C2H4O.CH4/c1-9-6-7-10-4-2-3-5-11(10)8-9;1-2-3;/h2-8H,1H3;2H,1H3;1H4. The second kappa shape index (κ2) is 6.77. The fraction of sp³-hybridized carbons (Fsp3) is 0.214. The zero-order valence-electron chi connectivity index (χ0n) is 8.53. The number of rotatable bonds is 0. The lowest BCUT2D eigenvalue weighted by atomic mass is 10.1. The van der Waals surface area contributed by atoms with E-state index in [0.29, 0.717) is 0 Å². The summed E-state index contributed by atoms with van der Waals surface area (Å²) in [5.74, 6) is 0. The van der Waals surface area contributed by atoms with Crippen molar-refractivity contribution in [2.75, 3.05) is 0 Å². The van der Waals surface area contributed by atoms with Gasteiger partial charge in [-0.15, -0.1) is 0 Å². The van der Waals surface area contributed by atoms with E-state index in [1.165, 1.54) is 23.3 Å². The second-order valence-corrected chi connectivity index (χ2v) is 3.09. The highest BCUT2D eigenvalue weighted by atomic mass is 16.1. The molecule has 2 aromatic rings. The van der Waals surface area contributed by atoms with E-state index in [9.17, 15) is 0 Å². The lowest BCUT2D eigenvalue weighted by molar-refractivity contribution is -0.106. The molecule has 0 aliphatic heterocycles. The molecule has 0 N–H and O–H groups in total. The Labute approximate surface area is 91.7 Å². The van der Waals surface area contributed by atoms with Gasteiger partial charge in [-0.05, 0) is 24.6 Å². The average molecular weight is 202 g/mol. The summed E-state index contributed by atoms with van der Waals surface area (Å²) in [5.41, 5.74) is 1.32. The Hall–Kier alpha value is -1.63. The number of carbonyl (C=O) groups excluding carboxylic acids is 1. The zero-order valence-corrected chi connectivity index (χ0v) is 8.53. The number of aryl methyl sites for hydroxylation is 1. The summed E-state index contributed by atoms with van der Waals surface area (Å²) in [5, 5.41) is 2.64. The molecule has 0 aliphatic rings. The Morgan fingerprint density at radius 2 is 1.53 bits per heavy atom. The molecule has 0 spiro atoms. The van der Waals surface area contributed by atoms with Gasteiger partial charge in [-0.1, -0.05) is 55.5 Å². The van der Waals surface area contributed by atoms with Crippen LogP contribution in [-0.4, -0.2) is 6.29 Å². The van der Waals surface area contributed by atoms with Gasteiger partial charge < -0.3 is 4.79 Å². The van der Waals surface area contributed by atoms with Crippen LogP contribution in [0.1, 0.15) is 19.9 Å². The number of benzene rings is 2. The van der Waals surface area contributed by atoms with Crippen LogP contribution in [0.5, 0.6) is 0 Å². The van der Waals surface area contributed by atoms with Gasteiger partial charge in [-0.2, -0.15) is 0 Å². The molecular weight excluding hydrogens is 184 g/mol. The van der Waals surface area contributed by atoms with Gasteiger partial charge in [0.2, 0.25) is 0 Å². The third-order valence-corrected chi connectivity index (χ3v) is 1.90. The molecule has 0 radical (unpaired) electrons. The minimum absolute atomic E-state index is 0. The lowest BCUT2D eigenvalue weighted by Gasteiger charge is -1.96. The van der Waals surface area contributed by atoms with E-state index < -0.39 is 0 Å². The molecular formula is C14H18O. The first-order valence-electron chi connectivity index (χ1n) is 4.63. The van der Waals surface area contributed by atoms with Crippen molar-refractivity contribution < 1.29 is 4.79 Å². The predicted molar refractivity (Wildman–Crippen MR) is 67.2 cm³/mol. The Balaban J connectivity index is 0.000000443. The second-order valence-electron chi connectivity index (χ2n) is 3.09. The van der Waals surface area contributed by atoms with E-state index in [0.717, 1.165) is 6.29 Å². The van der Waals surface area contributed by atoms with Gasteiger partial charge in [0.1, 0.15) is 6.29 Å². The van der Waals surface area contributed by atoms with Crippen molar-refractivity contribution >= 4 is 17.1 Å². The van der Waals surface area contributed by atoms with Crippen molar-refractivity contribution in [3.63, 3.8) is 0 Å². The molecule has 0 aliphatic carbocycles. The molecule has 0 saturated carbocycles.